The lowest BCUT2D eigenvalue weighted by atomic mass is 10.6. The van der Waals surface area contributed by atoms with Crippen molar-refractivity contribution in [2.75, 3.05) is 6.61 Å². The maximum atomic E-state index is 10.0. The third-order valence-corrected chi connectivity index (χ3v) is 2.39. The Labute approximate surface area is 75.7 Å². The molecule has 60 valence electrons. The molecule has 1 aromatic rings. The van der Waals surface area contributed by atoms with Crippen molar-refractivity contribution in [3.05, 3.63) is 15.2 Å². The second-order valence-electron chi connectivity index (χ2n) is 1.77. The van der Waals surface area contributed by atoms with Crippen LogP contribution in [0.3, 0.4) is 0 Å². The number of aliphatic carboxylic acids is 1. The number of ether oxygens (including phenoxy) is 1. The maximum absolute atomic E-state index is 10.0. The summed E-state index contributed by atoms with van der Waals surface area (Å²) in [5.74, 6) is -0.378. The molecule has 5 heteroatoms. The second kappa shape index (κ2) is 3.73. The van der Waals surface area contributed by atoms with E-state index in [2.05, 4.69) is 15.9 Å². The molecule has 0 atom stereocenters. The molecular weight excluding hydrogens is 232 g/mol. The van der Waals surface area contributed by atoms with Gasteiger partial charge in [-0.1, -0.05) is 0 Å². The van der Waals surface area contributed by atoms with Crippen molar-refractivity contribution in [1.29, 1.82) is 0 Å². The second-order valence-corrected chi connectivity index (χ2v) is 4.06. The van der Waals surface area contributed by atoms with Crippen LogP contribution in [0.1, 0.15) is 0 Å². The van der Waals surface area contributed by atoms with Crippen molar-refractivity contribution >= 4 is 33.2 Å². The lowest BCUT2D eigenvalue weighted by Crippen LogP contribution is -2.08. The van der Waals surface area contributed by atoms with E-state index in [1.54, 1.807) is 11.4 Å². The molecule has 0 fully saturated rings. The molecule has 0 aromatic carbocycles. The Morgan fingerprint density at radius 1 is 1.82 bits per heavy atom. The van der Waals surface area contributed by atoms with Crippen LogP contribution in [-0.4, -0.2) is 17.7 Å². The molecule has 3 nitrogen and oxygen atoms in total. The standard InChI is InChI=1S/C6H5BrO3S/c7-5-1-4(3-11-5)10-2-6(8)9/h1,3H,2H2,(H,8,9). The maximum Gasteiger partial charge on any atom is 0.341 e. The molecule has 1 rings (SSSR count). The average Bonchev–Trinajstić information content (AvgIpc) is 2.31. The van der Waals surface area contributed by atoms with Crippen LogP contribution < -0.4 is 4.74 Å². The SMILES string of the molecule is O=C(O)COc1csc(Br)c1. The number of thiophene rings is 1. The zero-order chi connectivity index (χ0) is 8.27. The summed E-state index contributed by atoms with van der Waals surface area (Å²) in [5, 5.41) is 9.99. The summed E-state index contributed by atoms with van der Waals surface area (Å²) in [7, 11) is 0. The molecule has 0 bridgehead atoms. The Kier molecular flexibility index (Phi) is 2.90. The molecule has 0 spiro atoms. The van der Waals surface area contributed by atoms with Crippen molar-refractivity contribution < 1.29 is 14.6 Å². The van der Waals surface area contributed by atoms with Crippen LogP contribution in [0, 0.1) is 0 Å². The Bertz CT molecular complexity index is 258. The minimum atomic E-state index is -0.965. The summed E-state index contributed by atoms with van der Waals surface area (Å²) in [5.41, 5.74) is 0. The Morgan fingerprint density at radius 3 is 3.00 bits per heavy atom. The van der Waals surface area contributed by atoms with Gasteiger partial charge in [0.15, 0.2) is 6.61 Å². The van der Waals surface area contributed by atoms with E-state index in [9.17, 15) is 4.79 Å². The van der Waals surface area contributed by atoms with Crippen LogP contribution in [-0.2, 0) is 4.79 Å². The molecule has 0 aliphatic heterocycles. The highest BCUT2D eigenvalue weighted by molar-refractivity contribution is 9.11. The van der Waals surface area contributed by atoms with Gasteiger partial charge in [-0.05, 0) is 15.9 Å². The fourth-order valence-electron chi connectivity index (χ4n) is 0.515. The lowest BCUT2D eigenvalue weighted by molar-refractivity contribution is -0.139. The smallest absolute Gasteiger partial charge is 0.341 e. The van der Waals surface area contributed by atoms with Gasteiger partial charge in [-0.25, -0.2) is 4.79 Å². The fourth-order valence-corrected chi connectivity index (χ4v) is 1.57. The monoisotopic (exact) mass is 236 g/mol. The van der Waals surface area contributed by atoms with Gasteiger partial charge in [-0.2, -0.15) is 0 Å². The normalized spacial score (nSPS) is 9.55. The summed E-state index contributed by atoms with van der Waals surface area (Å²) in [6, 6.07) is 1.73. The topological polar surface area (TPSA) is 46.5 Å². The molecule has 0 amide bonds. The van der Waals surface area contributed by atoms with E-state index in [0.717, 1.165) is 3.79 Å². The predicted octanol–water partition coefficient (Wildman–Crippen LogP) is 1.97. The minimum Gasteiger partial charge on any atom is -0.481 e. The number of rotatable bonds is 3. The third-order valence-electron chi connectivity index (χ3n) is 0.906. The van der Waals surface area contributed by atoms with Gasteiger partial charge in [0.2, 0.25) is 0 Å². The van der Waals surface area contributed by atoms with Gasteiger partial charge < -0.3 is 9.84 Å². The van der Waals surface area contributed by atoms with Crippen molar-refractivity contribution in [2.45, 2.75) is 0 Å². The summed E-state index contributed by atoms with van der Waals surface area (Å²) >= 11 is 4.69. The van der Waals surface area contributed by atoms with Gasteiger partial charge in [0.1, 0.15) is 5.75 Å². The van der Waals surface area contributed by atoms with Gasteiger partial charge in [0.25, 0.3) is 0 Å². The van der Waals surface area contributed by atoms with E-state index in [1.807, 2.05) is 0 Å². The first-order valence-electron chi connectivity index (χ1n) is 2.77. The van der Waals surface area contributed by atoms with Crippen molar-refractivity contribution in [3.63, 3.8) is 0 Å². The third kappa shape index (κ3) is 2.90. The Morgan fingerprint density at radius 2 is 2.55 bits per heavy atom. The molecule has 0 aliphatic rings. The Balaban J connectivity index is 2.45. The number of carboxylic acids is 1. The highest BCUT2D eigenvalue weighted by Crippen LogP contribution is 2.25. The van der Waals surface area contributed by atoms with E-state index in [1.165, 1.54) is 11.3 Å². The molecule has 0 radical (unpaired) electrons. The van der Waals surface area contributed by atoms with E-state index in [4.69, 9.17) is 9.84 Å². The van der Waals surface area contributed by atoms with Crippen molar-refractivity contribution in [2.24, 2.45) is 0 Å². The number of carbonyl (C=O) groups is 1. The number of carboxylic acid groups (broad SMARTS) is 1. The van der Waals surface area contributed by atoms with Crippen LogP contribution >= 0.6 is 27.3 Å². The highest BCUT2D eigenvalue weighted by atomic mass is 79.9. The van der Waals surface area contributed by atoms with Crippen molar-refractivity contribution in [1.82, 2.24) is 0 Å². The number of hydrogen-bond acceptors (Lipinski definition) is 3. The van der Waals surface area contributed by atoms with Crippen molar-refractivity contribution in [3.8, 4) is 5.75 Å². The average molecular weight is 237 g/mol. The lowest BCUT2D eigenvalue weighted by Gasteiger charge is -1.96. The summed E-state index contributed by atoms with van der Waals surface area (Å²) < 4.78 is 5.80. The highest BCUT2D eigenvalue weighted by Gasteiger charge is 2.00. The zero-order valence-electron chi connectivity index (χ0n) is 5.41. The summed E-state index contributed by atoms with van der Waals surface area (Å²) in [6.45, 7) is -0.289. The summed E-state index contributed by atoms with van der Waals surface area (Å²) in [4.78, 5) is 10.0. The molecule has 0 unspecified atom stereocenters. The van der Waals surface area contributed by atoms with Gasteiger partial charge in [-0.15, -0.1) is 11.3 Å². The van der Waals surface area contributed by atoms with E-state index < -0.39 is 5.97 Å². The van der Waals surface area contributed by atoms with Crippen LogP contribution in [0.2, 0.25) is 0 Å². The predicted molar refractivity (Wildman–Crippen MR) is 45.1 cm³/mol. The van der Waals surface area contributed by atoms with Crippen LogP contribution in [0.15, 0.2) is 15.2 Å². The fraction of sp³-hybridized carbons (Fsp3) is 0.167. The number of hydrogen-bond donors (Lipinski definition) is 1. The minimum absolute atomic E-state index is 0.289. The first-order chi connectivity index (χ1) is 5.18. The molecule has 1 N–H and O–H groups in total. The van der Waals surface area contributed by atoms with Gasteiger partial charge in [0, 0.05) is 11.4 Å². The Hall–Kier alpha value is -0.550. The first-order valence-corrected chi connectivity index (χ1v) is 4.44. The van der Waals surface area contributed by atoms with Gasteiger partial charge in [0.05, 0.1) is 3.79 Å². The molecular formula is C6H5BrO3S. The quantitative estimate of drug-likeness (QED) is 0.874. The number of halogens is 1. The molecule has 0 saturated heterocycles. The van der Waals surface area contributed by atoms with Crippen LogP contribution in [0.4, 0.5) is 0 Å². The van der Waals surface area contributed by atoms with E-state index >= 15 is 0 Å². The summed E-state index contributed by atoms with van der Waals surface area (Å²) in [6.07, 6.45) is 0. The van der Waals surface area contributed by atoms with E-state index in [-0.39, 0.29) is 6.61 Å². The van der Waals surface area contributed by atoms with Crippen LogP contribution in [0.5, 0.6) is 5.75 Å². The largest absolute Gasteiger partial charge is 0.481 e. The van der Waals surface area contributed by atoms with Gasteiger partial charge in [-0.3, -0.25) is 0 Å². The molecule has 1 heterocycles. The molecule has 1 aromatic heterocycles. The van der Waals surface area contributed by atoms with E-state index in [0.29, 0.717) is 5.75 Å². The molecule has 0 saturated carbocycles. The first kappa shape index (κ1) is 8.55. The van der Waals surface area contributed by atoms with Crippen LogP contribution in [0.25, 0.3) is 0 Å². The molecule has 0 aliphatic carbocycles. The molecule has 11 heavy (non-hydrogen) atoms. The zero-order valence-corrected chi connectivity index (χ0v) is 7.81. The van der Waals surface area contributed by atoms with Gasteiger partial charge >= 0.3 is 5.97 Å².